The topological polar surface area (TPSA) is 96.4 Å². The molecule has 0 aromatic heterocycles. The number of nitrogen functional groups attached to an aromatic ring is 1. The summed E-state index contributed by atoms with van der Waals surface area (Å²) >= 11 is 0. The zero-order chi connectivity index (χ0) is 18.0. The summed E-state index contributed by atoms with van der Waals surface area (Å²) in [6.07, 6.45) is 1.83. The van der Waals surface area contributed by atoms with Crippen LogP contribution in [-0.2, 0) is 6.54 Å². The second kappa shape index (κ2) is 6.86. The molecule has 2 aromatic rings. The van der Waals surface area contributed by atoms with Crippen LogP contribution in [-0.4, -0.2) is 10.9 Å². The van der Waals surface area contributed by atoms with E-state index in [4.69, 9.17) is 11.6 Å². The minimum atomic E-state index is -0.126. The number of allylic oxidation sites excluding steroid dienone is 1. The summed E-state index contributed by atoms with van der Waals surface area (Å²) in [6.45, 7) is 4.41. The van der Waals surface area contributed by atoms with Crippen molar-refractivity contribution in [3.8, 4) is 0 Å². The van der Waals surface area contributed by atoms with Gasteiger partial charge < -0.3 is 21.4 Å². The quantitative estimate of drug-likeness (QED) is 0.508. The number of urea groups is 1. The van der Waals surface area contributed by atoms with Crippen LogP contribution < -0.4 is 22.3 Å². The van der Waals surface area contributed by atoms with E-state index in [9.17, 15) is 4.79 Å². The number of fused-ring (bicyclic) bond motifs is 1. The van der Waals surface area contributed by atoms with Crippen molar-refractivity contribution in [3.05, 3.63) is 65.2 Å². The second-order valence-corrected chi connectivity index (χ2v) is 6.09. The van der Waals surface area contributed by atoms with Crippen LogP contribution in [0.25, 0.3) is 5.70 Å². The Morgan fingerprint density at radius 3 is 2.68 bits per heavy atom. The van der Waals surface area contributed by atoms with Crippen molar-refractivity contribution in [2.75, 3.05) is 10.7 Å². The lowest BCUT2D eigenvalue weighted by Gasteiger charge is -2.35. The average molecular weight is 337 g/mol. The van der Waals surface area contributed by atoms with Gasteiger partial charge in [-0.15, -0.1) is 0 Å². The summed E-state index contributed by atoms with van der Waals surface area (Å²) in [4.78, 5) is 14.4. The Bertz CT molecular complexity index is 816. The molecular weight excluding hydrogens is 314 g/mol. The first kappa shape index (κ1) is 16.9. The molecule has 25 heavy (non-hydrogen) atoms. The molecule has 6 N–H and O–H groups in total. The number of carbonyl (C=O) groups excluding carboxylic acids is 1. The Hall–Kier alpha value is -2.99. The van der Waals surface area contributed by atoms with Crippen LogP contribution >= 0.6 is 0 Å². The molecule has 0 saturated heterocycles. The van der Waals surface area contributed by atoms with Gasteiger partial charge in [-0.1, -0.05) is 36.4 Å². The van der Waals surface area contributed by atoms with E-state index < -0.39 is 0 Å². The molecule has 1 aliphatic rings. The van der Waals surface area contributed by atoms with Crippen molar-refractivity contribution in [2.45, 2.75) is 26.4 Å². The zero-order valence-electron chi connectivity index (χ0n) is 14.4. The molecule has 130 valence electrons. The van der Waals surface area contributed by atoms with Gasteiger partial charge in [0, 0.05) is 16.9 Å². The first-order chi connectivity index (χ1) is 12.0. The van der Waals surface area contributed by atoms with Crippen LogP contribution in [0.15, 0.2) is 48.5 Å². The lowest BCUT2D eigenvalue weighted by atomic mass is 10.00. The number of nitrogens with one attached hydrogen (secondary N) is 2. The van der Waals surface area contributed by atoms with Gasteiger partial charge >= 0.3 is 6.03 Å². The molecular formula is C19H23N5O. The van der Waals surface area contributed by atoms with E-state index in [0.717, 1.165) is 22.4 Å². The number of hydrazine groups is 1. The van der Waals surface area contributed by atoms with Crippen molar-refractivity contribution in [1.29, 1.82) is 0 Å². The van der Waals surface area contributed by atoms with E-state index in [1.807, 2.05) is 67.3 Å². The lowest BCUT2D eigenvalue weighted by Crippen LogP contribution is -2.40. The van der Waals surface area contributed by atoms with Crippen molar-refractivity contribution in [2.24, 2.45) is 11.6 Å². The molecule has 1 aliphatic heterocycles. The minimum Gasteiger partial charge on any atom is -0.398 e. The van der Waals surface area contributed by atoms with Crippen LogP contribution in [0.1, 0.15) is 36.6 Å². The molecule has 0 unspecified atom stereocenters. The van der Waals surface area contributed by atoms with Gasteiger partial charge in [0.1, 0.15) is 0 Å². The van der Waals surface area contributed by atoms with E-state index in [1.165, 1.54) is 0 Å². The number of anilines is 2. The number of amides is 2. The molecule has 1 atom stereocenters. The first-order valence-corrected chi connectivity index (χ1v) is 8.23. The number of hydrogen-bond acceptors (Lipinski definition) is 4. The summed E-state index contributed by atoms with van der Waals surface area (Å²) in [5, 5.41) is 2.95. The van der Waals surface area contributed by atoms with Gasteiger partial charge in [-0.2, -0.15) is 0 Å². The maximum Gasteiger partial charge on any atom is 0.322 e. The number of rotatable bonds is 4. The highest BCUT2D eigenvalue weighted by molar-refractivity contribution is 5.94. The van der Waals surface area contributed by atoms with Gasteiger partial charge in [0.2, 0.25) is 0 Å². The molecule has 1 heterocycles. The summed E-state index contributed by atoms with van der Waals surface area (Å²) in [5.41, 5.74) is 13.7. The van der Waals surface area contributed by atoms with Crippen molar-refractivity contribution in [1.82, 2.24) is 4.90 Å². The number of nitrogens with zero attached hydrogens (tertiary/aromatic N) is 1. The summed E-state index contributed by atoms with van der Waals surface area (Å²) in [7, 11) is 0. The molecule has 2 amide bonds. The largest absolute Gasteiger partial charge is 0.398 e. The highest BCUT2D eigenvalue weighted by Gasteiger charge is 2.28. The summed E-state index contributed by atoms with van der Waals surface area (Å²) in [5.74, 6) is 5.61. The standard InChI is InChI=1S/C19H23N5O/c1-3-16(20)15-9-14-11-24(12(2)13-7-5-4-6-8-13)19(25)22-17(14)10-18(15)23-21/h3-10,12,23H,11,20-21H2,1-2H3,(H,22,25)/b16-3+/t12-/m1/s1. The Morgan fingerprint density at radius 2 is 2.04 bits per heavy atom. The van der Waals surface area contributed by atoms with Gasteiger partial charge in [-0.3, -0.25) is 5.84 Å². The fraction of sp³-hybridized carbons (Fsp3) is 0.211. The molecule has 0 aliphatic carbocycles. The fourth-order valence-electron chi connectivity index (χ4n) is 3.07. The third kappa shape index (κ3) is 3.16. The smallest absolute Gasteiger partial charge is 0.322 e. The predicted octanol–water partition coefficient (Wildman–Crippen LogP) is 3.40. The molecule has 6 heteroatoms. The number of carbonyl (C=O) groups is 1. The van der Waals surface area contributed by atoms with Crippen molar-refractivity contribution >= 4 is 23.1 Å². The Balaban J connectivity index is 1.97. The van der Waals surface area contributed by atoms with Crippen LogP contribution in [0.5, 0.6) is 0 Å². The van der Waals surface area contributed by atoms with Gasteiger partial charge in [-0.05, 0) is 37.1 Å². The van der Waals surface area contributed by atoms with E-state index in [1.54, 1.807) is 0 Å². The van der Waals surface area contributed by atoms with E-state index in [2.05, 4.69) is 10.7 Å². The molecule has 0 bridgehead atoms. The molecule has 0 radical (unpaired) electrons. The highest BCUT2D eigenvalue weighted by atomic mass is 16.2. The third-order valence-corrected chi connectivity index (χ3v) is 4.61. The Kier molecular flexibility index (Phi) is 4.63. The van der Waals surface area contributed by atoms with Crippen LogP contribution in [0.4, 0.5) is 16.2 Å². The normalized spacial score (nSPS) is 15.4. The van der Waals surface area contributed by atoms with Crippen molar-refractivity contribution < 1.29 is 4.79 Å². The lowest BCUT2D eigenvalue weighted by molar-refractivity contribution is 0.186. The van der Waals surface area contributed by atoms with Crippen LogP contribution in [0.2, 0.25) is 0 Å². The van der Waals surface area contributed by atoms with Crippen LogP contribution in [0.3, 0.4) is 0 Å². The number of benzene rings is 2. The van der Waals surface area contributed by atoms with E-state index in [0.29, 0.717) is 17.9 Å². The van der Waals surface area contributed by atoms with Gasteiger partial charge in [-0.25, -0.2) is 4.79 Å². The van der Waals surface area contributed by atoms with Crippen molar-refractivity contribution in [3.63, 3.8) is 0 Å². The number of hydrogen-bond donors (Lipinski definition) is 4. The molecule has 3 rings (SSSR count). The maximum atomic E-state index is 12.6. The second-order valence-electron chi connectivity index (χ2n) is 6.09. The maximum absolute atomic E-state index is 12.6. The highest BCUT2D eigenvalue weighted by Crippen LogP contribution is 2.34. The molecule has 0 fully saturated rings. The van der Waals surface area contributed by atoms with Gasteiger partial charge in [0.15, 0.2) is 0 Å². The first-order valence-electron chi connectivity index (χ1n) is 8.23. The van der Waals surface area contributed by atoms with Gasteiger partial charge in [0.05, 0.1) is 18.3 Å². The fourth-order valence-corrected chi connectivity index (χ4v) is 3.07. The third-order valence-electron chi connectivity index (χ3n) is 4.61. The van der Waals surface area contributed by atoms with E-state index in [-0.39, 0.29) is 12.1 Å². The monoisotopic (exact) mass is 337 g/mol. The Labute approximate surface area is 147 Å². The molecule has 2 aromatic carbocycles. The zero-order valence-corrected chi connectivity index (χ0v) is 14.4. The number of nitrogens with two attached hydrogens (primary N) is 2. The molecule has 6 nitrogen and oxygen atoms in total. The molecule has 0 spiro atoms. The summed E-state index contributed by atoms with van der Waals surface area (Å²) in [6, 6.07) is 13.6. The summed E-state index contributed by atoms with van der Waals surface area (Å²) < 4.78 is 0. The average Bonchev–Trinajstić information content (AvgIpc) is 2.66. The minimum absolute atomic E-state index is 0.0378. The predicted molar refractivity (Wildman–Crippen MR) is 102 cm³/mol. The Morgan fingerprint density at radius 1 is 1.32 bits per heavy atom. The molecule has 0 saturated carbocycles. The SMILES string of the molecule is C/C=C(/N)c1cc2c(cc1NN)NC(=O)N([C@H](C)c1ccccc1)C2. The van der Waals surface area contributed by atoms with Crippen LogP contribution in [0, 0.1) is 0 Å². The van der Waals surface area contributed by atoms with E-state index >= 15 is 0 Å². The van der Waals surface area contributed by atoms with Gasteiger partial charge in [0.25, 0.3) is 0 Å².